The van der Waals surface area contributed by atoms with Crippen LogP contribution in [0.15, 0.2) is 21.1 Å². The second kappa shape index (κ2) is 6.23. The molecule has 2 N–H and O–H groups in total. The Morgan fingerprint density at radius 1 is 1.30 bits per heavy atom. The van der Waals surface area contributed by atoms with Crippen LogP contribution in [0, 0.1) is 0 Å². The first-order chi connectivity index (χ1) is 9.60. The Labute approximate surface area is 125 Å². The molecule has 0 fully saturated rings. The normalized spacial score (nSPS) is 12.2. The molecule has 0 radical (unpaired) electrons. The zero-order chi connectivity index (χ0) is 14.7. The van der Waals surface area contributed by atoms with Crippen LogP contribution in [0.1, 0.15) is 30.2 Å². The number of aryl methyl sites for hydroxylation is 1. The molecular formula is C13H16BrN3O3. The van der Waals surface area contributed by atoms with Crippen LogP contribution in [0.2, 0.25) is 0 Å². The van der Waals surface area contributed by atoms with E-state index in [0.29, 0.717) is 29.6 Å². The molecule has 0 amide bonds. The Morgan fingerprint density at radius 2 is 1.95 bits per heavy atom. The van der Waals surface area contributed by atoms with Crippen LogP contribution >= 0.6 is 15.9 Å². The number of hydrogen-bond donors (Lipinski definition) is 1. The minimum atomic E-state index is -0.506. The highest BCUT2D eigenvalue weighted by Crippen LogP contribution is 2.36. The van der Waals surface area contributed by atoms with Gasteiger partial charge in [-0.1, -0.05) is 28.0 Å². The number of rotatable bonds is 5. The van der Waals surface area contributed by atoms with E-state index in [-0.39, 0.29) is 0 Å². The molecule has 1 heterocycles. The molecule has 1 atom stereocenters. The van der Waals surface area contributed by atoms with Gasteiger partial charge in [0.05, 0.1) is 20.3 Å². The van der Waals surface area contributed by atoms with Crippen molar-refractivity contribution in [3.63, 3.8) is 0 Å². The maximum absolute atomic E-state index is 6.19. The van der Waals surface area contributed by atoms with Crippen molar-refractivity contribution >= 4 is 15.9 Å². The Bertz CT molecular complexity index is 601. The zero-order valence-corrected chi connectivity index (χ0v) is 13.1. The molecule has 0 aliphatic carbocycles. The molecule has 1 aromatic carbocycles. The number of aromatic nitrogens is 2. The summed E-state index contributed by atoms with van der Waals surface area (Å²) in [4.78, 5) is 4.25. The highest BCUT2D eigenvalue weighted by atomic mass is 79.9. The molecule has 0 bridgehead atoms. The summed E-state index contributed by atoms with van der Waals surface area (Å²) in [5.41, 5.74) is 6.99. The van der Waals surface area contributed by atoms with Gasteiger partial charge in [0.15, 0.2) is 17.3 Å². The van der Waals surface area contributed by atoms with Crippen LogP contribution in [0.25, 0.3) is 0 Å². The molecule has 108 valence electrons. The summed E-state index contributed by atoms with van der Waals surface area (Å²) in [6.07, 6.45) is 0.673. The third kappa shape index (κ3) is 2.78. The highest BCUT2D eigenvalue weighted by molar-refractivity contribution is 9.10. The second-order valence-electron chi connectivity index (χ2n) is 4.11. The van der Waals surface area contributed by atoms with Gasteiger partial charge >= 0.3 is 0 Å². The quantitative estimate of drug-likeness (QED) is 0.899. The van der Waals surface area contributed by atoms with Gasteiger partial charge in [-0.05, 0) is 17.7 Å². The fourth-order valence-corrected chi connectivity index (χ4v) is 2.35. The summed E-state index contributed by atoms with van der Waals surface area (Å²) in [7, 11) is 3.15. The Kier molecular flexibility index (Phi) is 4.61. The smallest absolute Gasteiger partial charge is 0.226 e. The largest absolute Gasteiger partial charge is 0.493 e. The van der Waals surface area contributed by atoms with Gasteiger partial charge in [0.2, 0.25) is 5.89 Å². The monoisotopic (exact) mass is 341 g/mol. The van der Waals surface area contributed by atoms with Crippen LogP contribution in [0.5, 0.6) is 11.5 Å². The van der Waals surface area contributed by atoms with Crippen molar-refractivity contribution in [1.29, 1.82) is 0 Å². The minimum absolute atomic E-state index is 0.440. The Balaban J connectivity index is 2.40. The van der Waals surface area contributed by atoms with Crippen molar-refractivity contribution in [2.45, 2.75) is 19.4 Å². The average Bonchev–Trinajstić information content (AvgIpc) is 2.95. The average molecular weight is 342 g/mol. The first-order valence-corrected chi connectivity index (χ1v) is 6.89. The molecule has 0 saturated carbocycles. The topological polar surface area (TPSA) is 83.4 Å². The molecule has 2 rings (SSSR count). The summed E-state index contributed by atoms with van der Waals surface area (Å²) in [6.45, 7) is 1.94. The van der Waals surface area contributed by atoms with Crippen molar-refractivity contribution in [3.05, 3.63) is 33.9 Å². The predicted molar refractivity (Wildman–Crippen MR) is 77.0 cm³/mol. The van der Waals surface area contributed by atoms with Gasteiger partial charge in [0.25, 0.3) is 0 Å². The summed E-state index contributed by atoms with van der Waals surface area (Å²) in [6, 6.07) is 3.10. The molecule has 0 spiro atoms. The SMILES string of the molecule is CCc1nc(C(N)c2cc(OC)c(OC)cc2Br)no1. The lowest BCUT2D eigenvalue weighted by Crippen LogP contribution is -2.14. The molecule has 2 aromatic rings. The molecule has 6 nitrogen and oxygen atoms in total. The molecule has 20 heavy (non-hydrogen) atoms. The van der Waals surface area contributed by atoms with Gasteiger partial charge in [-0.15, -0.1) is 0 Å². The van der Waals surface area contributed by atoms with Crippen LogP contribution < -0.4 is 15.2 Å². The molecule has 0 saturated heterocycles. The first-order valence-electron chi connectivity index (χ1n) is 6.10. The van der Waals surface area contributed by atoms with Gasteiger partial charge < -0.3 is 19.7 Å². The number of nitrogens with zero attached hydrogens (tertiary/aromatic N) is 2. The lowest BCUT2D eigenvalue weighted by molar-refractivity contribution is 0.354. The summed E-state index contributed by atoms with van der Waals surface area (Å²) in [5, 5.41) is 3.90. The van der Waals surface area contributed by atoms with E-state index in [1.165, 1.54) is 0 Å². The minimum Gasteiger partial charge on any atom is -0.493 e. The predicted octanol–water partition coefficient (Wildman–Crippen LogP) is 2.46. The molecule has 1 unspecified atom stereocenters. The second-order valence-corrected chi connectivity index (χ2v) is 4.96. The summed E-state index contributed by atoms with van der Waals surface area (Å²) < 4.78 is 16.4. The van der Waals surface area contributed by atoms with Crippen LogP contribution in [0.4, 0.5) is 0 Å². The summed E-state index contributed by atoms with van der Waals surface area (Å²) >= 11 is 3.47. The number of halogens is 1. The lowest BCUT2D eigenvalue weighted by Gasteiger charge is -2.14. The third-order valence-corrected chi connectivity index (χ3v) is 3.59. The number of benzene rings is 1. The van der Waals surface area contributed by atoms with E-state index in [9.17, 15) is 0 Å². The van der Waals surface area contributed by atoms with E-state index in [4.69, 9.17) is 19.7 Å². The van der Waals surface area contributed by atoms with E-state index in [0.717, 1.165) is 10.0 Å². The van der Waals surface area contributed by atoms with E-state index in [1.54, 1.807) is 26.4 Å². The van der Waals surface area contributed by atoms with E-state index >= 15 is 0 Å². The lowest BCUT2D eigenvalue weighted by atomic mass is 10.1. The number of nitrogens with two attached hydrogens (primary N) is 1. The van der Waals surface area contributed by atoms with Crippen molar-refractivity contribution in [2.24, 2.45) is 5.73 Å². The first kappa shape index (κ1) is 14.8. The van der Waals surface area contributed by atoms with Crippen molar-refractivity contribution in [2.75, 3.05) is 14.2 Å². The van der Waals surface area contributed by atoms with Crippen molar-refractivity contribution in [3.8, 4) is 11.5 Å². The van der Waals surface area contributed by atoms with Crippen LogP contribution in [0.3, 0.4) is 0 Å². The van der Waals surface area contributed by atoms with Crippen molar-refractivity contribution in [1.82, 2.24) is 10.1 Å². The summed E-state index contributed by atoms with van der Waals surface area (Å²) in [5.74, 6) is 2.22. The fourth-order valence-electron chi connectivity index (χ4n) is 1.79. The molecule has 0 aliphatic rings. The Morgan fingerprint density at radius 3 is 2.50 bits per heavy atom. The van der Waals surface area contributed by atoms with E-state index in [1.807, 2.05) is 6.92 Å². The Hall–Kier alpha value is -1.60. The molecule has 7 heteroatoms. The number of ether oxygens (including phenoxy) is 2. The maximum atomic E-state index is 6.19. The molecular weight excluding hydrogens is 326 g/mol. The number of hydrogen-bond acceptors (Lipinski definition) is 6. The van der Waals surface area contributed by atoms with Gasteiger partial charge in [-0.25, -0.2) is 0 Å². The van der Waals surface area contributed by atoms with Crippen LogP contribution in [-0.4, -0.2) is 24.4 Å². The van der Waals surface area contributed by atoms with Crippen molar-refractivity contribution < 1.29 is 14.0 Å². The highest BCUT2D eigenvalue weighted by Gasteiger charge is 2.20. The van der Waals surface area contributed by atoms with Gasteiger partial charge in [-0.2, -0.15) is 4.98 Å². The standard InChI is InChI=1S/C13H16BrN3O3/c1-4-11-16-13(17-20-11)12(15)7-5-9(18-2)10(19-3)6-8(7)14/h5-6,12H,4,15H2,1-3H3. The van der Waals surface area contributed by atoms with E-state index in [2.05, 4.69) is 26.1 Å². The van der Waals surface area contributed by atoms with Crippen LogP contribution in [-0.2, 0) is 6.42 Å². The maximum Gasteiger partial charge on any atom is 0.226 e. The third-order valence-electron chi connectivity index (χ3n) is 2.90. The fraction of sp³-hybridized carbons (Fsp3) is 0.385. The van der Waals surface area contributed by atoms with E-state index < -0.39 is 6.04 Å². The van der Waals surface area contributed by atoms with Gasteiger partial charge in [0, 0.05) is 10.9 Å². The van der Waals surface area contributed by atoms with Gasteiger partial charge in [-0.3, -0.25) is 0 Å². The molecule has 0 aliphatic heterocycles. The number of methoxy groups -OCH3 is 2. The molecule has 1 aromatic heterocycles. The van der Waals surface area contributed by atoms with Gasteiger partial charge in [0.1, 0.15) is 0 Å². The zero-order valence-electron chi connectivity index (χ0n) is 11.5.